The summed E-state index contributed by atoms with van der Waals surface area (Å²) in [6.45, 7) is 4.25. The first-order chi connectivity index (χ1) is 8.17. The molecule has 17 heavy (non-hydrogen) atoms. The zero-order chi connectivity index (χ0) is 12.4. The summed E-state index contributed by atoms with van der Waals surface area (Å²) in [5.41, 5.74) is 1.29. The lowest BCUT2D eigenvalue weighted by Crippen LogP contribution is -2.30. The van der Waals surface area contributed by atoms with Gasteiger partial charge in [-0.3, -0.25) is 0 Å². The Balaban J connectivity index is 2.39. The third-order valence-corrected chi connectivity index (χ3v) is 3.21. The number of nitrogens with one attached hydrogen (secondary N) is 2. The van der Waals surface area contributed by atoms with Gasteiger partial charge in [-0.05, 0) is 13.5 Å². The van der Waals surface area contributed by atoms with E-state index in [4.69, 9.17) is 0 Å². The summed E-state index contributed by atoms with van der Waals surface area (Å²) < 4.78 is 1.40. The molecule has 92 valence electrons. The maximum absolute atomic E-state index is 11.3. The first kappa shape index (κ1) is 11.8. The maximum atomic E-state index is 11.3. The van der Waals surface area contributed by atoms with E-state index in [1.165, 1.54) is 10.7 Å². The van der Waals surface area contributed by atoms with Gasteiger partial charge < -0.3 is 5.32 Å². The monoisotopic (exact) mass is 235 g/mol. The number of rotatable bonds is 4. The third kappa shape index (κ3) is 2.08. The standard InChI is InChI=1S/C11H17N5O/c1-4-8(12-3)7(2)9-5-10-14-15-11(17)16(10)6-13-9/h5-8,12H,4H2,1-3H3,(H,15,17). The highest BCUT2D eigenvalue weighted by Gasteiger charge is 2.17. The molecule has 0 amide bonds. The molecule has 6 nitrogen and oxygen atoms in total. The minimum Gasteiger partial charge on any atom is -0.316 e. The van der Waals surface area contributed by atoms with E-state index in [0.29, 0.717) is 11.7 Å². The maximum Gasteiger partial charge on any atom is 0.348 e. The molecule has 2 unspecified atom stereocenters. The van der Waals surface area contributed by atoms with Gasteiger partial charge in [0.25, 0.3) is 0 Å². The van der Waals surface area contributed by atoms with Crippen LogP contribution < -0.4 is 11.0 Å². The Bertz CT molecular complexity index is 554. The number of H-pyrrole nitrogens is 1. The van der Waals surface area contributed by atoms with E-state index >= 15 is 0 Å². The smallest absolute Gasteiger partial charge is 0.316 e. The fourth-order valence-electron chi connectivity index (χ4n) is 2.09. The number of hydrogen-bond acceptors (Lipinski definition) is 4. The van der Waals surface area contributed by atoms with Crippen LogP contribution in [-0.4, -0.2) is 32.7 Å². The van der Waals surface area contributed by atoms with E-state index in [-0.39, 0.29) is 11.6 Å². The molecule has 0 fully saturated rings. The molecule has 0 bridgehead atoms. The van der Waals surface area contributed by atoms with E-state index in [2.05, 4.69) is 34.3 Å². The number of fused-ring (bicyclic) bond motifs is 1. The van der Waals surface area contributed by atoms with E-state index in [0.717, 1.165) is 12.1 Å². The molecule has 2 heterocycles. The molecule has 0 saturated heterocycles. The molecule has 2 rings (SSSR count). The van der Waals surface area contributed by atoms with E-state index < -0.39 is 0 Å². The van der Waals surface area contributed by atoms with Crippen LogP contribution in [-0.2, 0) is 0 Å². The van der Waals surface area contributed by atoms with Crippen molar-refractivity contribution < 1.29 is 0 Å². The number of nitrogens with zero attached hydrogens (tertiary/aromatic N) is 3. The van der Waals surface area contributed by atoms with Crippen LogP contribution in [0.2, 0.25) is 0 Å². The second kappa shape index (κ2) is 4.67. The van der Waals surface area contributed by atoms with Gasteiger partial charge in [-0.25, -0.2) is 19.3 Å². The summed E-state index contributed by atoms with van der Waals surface area (Å²) in [6, 6.07) is 2.22. The predicted molar refractivity (Wildman–Crippen MR) is 65.2 cm³/mol. The fourth-order valence-corrected chi connectivity index (χ4v) is 2.09. The number of likely N-dealkylation sites (N-methyl/N-ethyl adjacent to an activating group) is 1. The van der Waals surface area contributed by atoms with Crippen molar-refractivity contribution in [1.29, 1.82) is 0 Å². The number of hydrogen-bond donors (Lipinski definition) is 2. The van der Waals surface area contributed by atoms with Crippen LogP contribution in [0.15, 0.2) is 17.2 Å². The summed E-state index contributed by atoms with van der Waals surface area (Å²) >= 11 is 0. The summed E-state index contributed by atoms with van der Waals surface area (Å²) in [7, 11) is 1.95. The summed E-state index contributed by atoms with van der Waals surface area (Å²) in [5.74, 6) is 0.279. The van der Waals surface area contributed by atoms with Gasteiger partial charge in [-0.1, -0.05) is 13.8 Å². The topological polar surface area (TPSA) is 75.1 Å². The molecule has 0 aliphatic carbocycles. The predicted octanol–water partition coefficient (Wildman–Crippen LogP) is 0.519. The van der Waals surface area contributed by atoms with Crippen molar-refractivity contribution in [3.63, 3.8) is 0 Å². The zero-order valence-corrected chi connectivity index (χ0v) is 10.3. The lowest BCUT2D eigenvalue weighted by atomic mass is 9.96. The van der Waals surface area contributed by atoms with Gasteiger partial charge in [0.15, 0.2) is 5.65 Å². The quantitative estimate of drug-likeness (QED) is 0.810. The van der Waals surface area contributed by atoms with Crippen molar-refractivity contribution in [2.75, 3.05) is 7.05 Å². The summed E-state index contributed by atoms with van der Waals surface area (Å²) in [5, 5.41) is 9.61. The number of aromatic amines is 1. The van der Waals surface area contributed by atoms with Crippen molar-refractivity contribution in [1.82, 2.24) is 24.9 Å². The Kier molecular flexibility index (Phi) is 3.23. The summed E-state index contributed by atoms with van der Waals surface area (Å²) in [4.78, 5) is 15.6. The largest absolute Gasteiger partial charge is 0.348 e. The highest BCUT2D eigenvalue weighted by Crippen LogP contribution is 2.19. The van der Waals surface area contributed by atoms with Crippen LogP contribution in [0.4, 0.5) is 0 Å². The minimum atomic E-state index is -0.257. The van der Waals surface area contributed by atoms with E-state index in [9.17, 15) is 4.79 Å². The van der Waals surface area contributed by atoms with Crippen LogP contribution >= 0.6 is 0 Å². The van der Waals surface area contributed by atoms with Gasteiger partial charge in [-0.2, -0.15) is 5.10 Å². The Morgan fingerprint density at radius 2 is 2.35 bits per heavy atom. The lowest BCUT2D eigenvalue weighted by molar-refractivity contribution is 0.465. The van der Waals surface area contributed by atoms with Gasteiger partial charge in [0.1, 0.15) is 6.33 Å². The van der Waals surface area contributed by atoms with Gasteiger partial charge in [-0.15, -0.1) is 0 Å². The molecule has 0 saturated carbocycles. The third-order valence-electron chi connectivity index (χ3n) is 3.21. The molecule has 0 aliphatic heterocycles. The van der Waals surface area contributed by atoms with E-state index in [1.54, 1.807) is 0 Å². The average Bonchev–Trinajstić information content (AvgIpc) is 2.72. The molecule has 0 radical (unpaired) electrons. The second-order valence-electron chi connectivity index (χ2n) is 4.16. The molecule has 2 aromatic rings. The Morgan fingerprint density at radius 1 is 1.59 bits per heavy atom. The summed E-state index contributed by atoms with van der Waals surface area (Å²) in [6.07, 6.45) is 2.55. The van der Waals surface area contributed by atoms with Gasteiger partial charge in [0.05, 0.1) is 5.69 Å². The van der Waals surface area contributed by atoms with Gasteiger partial charge in [0.2, 0.25) is 0 Å². The van der Waals surface area contributed by atoms with E-state index in [1.807, 2.05) is 13.1 Å². The lowest BCUT2D eigenvalue weighted by Gasteiger charge is -2.21. The molecule has 0 spiro atoms. The van der Waals surface area contributed by atoms with Gasteiger partial charge >= 0.3 is 5.69 Å². The fraction of sp³-hybridized carbons (Fsp3) is 0.545. The number of aromatic nitrogens is 4. The molecule has 6 heteroatoms. The SMILES string of the molecule is CCC(NC)C(C)c1cc2n[nH]c(=O)n2cn1. The van der Waals surface area contributed by atoms with Crippen LogP contribution in [0.1, 0.15) is 31.9 Å². The molecule has 2 atom stereocenters. The van der Waals surface area contributed by atoms with Crippen LogP contribution in [0.5, 0.6) is 0 Å². The average molecular weight is 235 g/mol. The second-order valence-corrected chi connectivity index (χ2v) is 4.16. The Labute approximate surface area is 99.1 Å². The first-order valence-corrected chi connectivity index (χ1v) is 5.77. The zero-order valence-electron chi connectivity index (χ0n) is 10.3. The molecule has 2 aromatic heterocycles. The molecule has 2 N–H and O–H groups in total. The van der Waals surface area contributed by atoms with Crippen molar-refractivity contribution in [2.45, 2.75) is 32.2 Å². The van der Waals surface area contributed by atoms with Crippen LogP contribution in [0.3, 0.4) is 0 Å². The van der Waals surface area contributed by atoms with Crippen LogP contribution in [0, 0.1) is 0 Å². The Morgan fingerprint density at radius 3 is 3.00 bits per heavy atom. The highest BCUT2D eigenvalue weighted by atomic mass is 16.1. The Hall–Kier alpha value is -1.69. The van der Waals surface area contributed by atoms with Gasteiger partial charge in [0, 0.05) is 18.0 Å². The van der Waals surface area contributed by atoms with Crippen molar-refractivity contribution in [3.8, 4) is 0 Å². The van der Waals surface area contributed by atoms with Crippen molar-refractivity contribution in [2.24, 2.45) is 0 Å². The minimum absolute atomic E-state index is 0.257. The van der Waals surface area contributed by atoms with Crippen molar-refractivity contribution >= 4 is 5.65 Å². The van der Waals surface area contributed by atoms with Crippen LogP contribution in [0.25, 0.3) is 5.65 Å². The molecule has 0 aromatic carbocycles. The first-order valence-electron chi connectivity index (χ1n) is 5.77. The normalized spacial score (nSPS) is 15.0. The molecule has 0 aliphatic rings. The molecular weight excluding hydrogens is 218 g/mol. The van der Waals surface area contributed by atoms with Crippen molar-refractivity contribution in [3.05, 3.63) is 28.6 Å². The highest BCUT2D eigenvalue weighted by molar-refractivity contribution is 5.37. The molecular formula is C11H17N5O.